The smallest absolute Gasteiger partial charge is 0.296 e. The topological polar surface area (TPSA) is 89.2 Å². The SMILES string of the molecule is COc1cc(C2C(=C(O)c3ccc(Cl)cc3)C(=O)C(=O)N2Cc2ccco2)ccc1OCc1ccccc1. The number of hydrogen-bond acceptors (Lipinski definition) is 6. The molecule has 1 amide bonds. The number of carbonyl (C=O) groups is 2. The van der Waals surface area contributed by atoms with Crippen LogP contribution in [0.4, 0.5) is 0 Å². The van der Waals surface area contributed by atoms with Gasteiger partial charge < -0.3 is 23.9 Å². The number of furan rings is 1. The number of ether oxygens (including phenoxy) is 2. The summed E-state index contributed by atoms with van der Waals surface area (Å²) < 4.78 is 17.0. The van der Waals surface area contributed by atoms with Gasteiger partial charge in [0.1, 0.15) is 18.1 Å². The molecule has 0 saturated carbocycles. The van der Waals surface area contributed by atoms with Crippen molar-refractivity contribution in [3.05, 3.63) is 124 Å². The molecule has 0 aliphatic carbocycles. The number of amides is 1. The summed E-state index contributed by atoms with van der Waals surface area (Å²) in [6, 6.07) is 23.8. The van der Waals surface area contributed by atoms with Gasteiger partial charge in [-0.1, -0.05) is 48.0 Å². The van der Waals surface area contributed by atoms with Crippen LogP contribution in [0.25, 0.3) is 5.76 Å². The van der Waals surface area contributed by atoms with Gasteiger partial charge in [0.25, 0.3) is 11.7 Å². The summed E-state index contributed by atoms with van der Waals surface area (Å²) in [5, 5.41) is 11.7. The third kappa shape index (κ3) is 5.01. The van der Waals surface area contributed by atoms with Crippen molar-refractivity contribution in [2.45, 2.75) is 19.2 Å². The minimum Gasteiger partial charge on any atom is -0.507 e. The molecule has 1 saturated heterocycles. The molecular weight excluding hydrogens is 506 g/mol. The van der Waals surface area contributed by atoms with E-state index in [1.54, 1.807) is 54.6 Å². The highest BCUT2D eigenvalue weighted by Crippen LogP contribution is 2.43. The summed E-state index contributed by atoms with van der Waals surface area (Å²) in [6.07, 6.45) is 1.50. The highest BCUT2D eigenvalue weighted by atomic mass is 35.5. The van der Waals surface area contributed by atoms with Crippen molar-refractivity contribution in [2.24, 2.45) is 0 Å². The monoisotopic (exact) mass is 529 g/mol. The number of benzene rings is 3. The number of rotatable bonds is 8. The number of methoxy groups -OCH3 is 1. The van der Waals surface area contributed by atoms with Crippen LogP contribution >= 0.6 is 11.6 Å². The first-order valence-corrected chi connectivity index (χ1v) is 12.3. The van der Waals surface area contributed by atoms with Gasteiger partial charge in [-0.3, -0.25) is 9.59 Å². The first-order valence-electron chi connectivity index (χ1n) is 11.9. The summed E-state index contributed by atoms with van der Waals surface area (Å²) in [7, 11) is 1.52. The van der Waals surface area contributed by atoms with E-state index in [-0.39, 0.29) is 17.9 Å². The lowest BCUT2D eigenvalue weighted by Crippen LogP contribution is -2.29. The molecule has 192 valence electrons. The van der Waals surface area contributed by atoms with Crippen molar-refractivity contribution in [1.82, 2.24) is 4.90 Å². The lowest BCUT2D eigenvalue weighted by atomic mass is 9.95. The second-order valence-electron chi connectivity index (χ2n) is 8.70. The maximum absolute atomic E-state index is 13.3. The van der Waals surface area contributed by atoms with Gasteiger partial charge in [-0.05, 0) is 59.7 Å². The average molecular weight is 530 g/mol. The molecule has 1 unspecified atom stereocenters. The minimum absolute atomic E-state index is 0.0359. The molecule has 1 N–H and O–H groups in total. The van der Waals surface area contributed by atoms with Crippen LogP contribution in [-0.2, 0) is 22.7 Å². The van der Waals surface area contributed by atoms with Crippen molar-refractivity contribution >= 4 is 29.1 Å². The Morgan fingerprint density at radius 2 is 1.74 bits per heavy atom. The molecule has 2 heterocycles. The van der Waals surface area contributed by atoms with Crippen LogP contribution in [0.15, 0.2) is 101 Å². The quantitative estimate of drug-likeness (QED) is 0.167. The number of likely N-dealkylation sites (tertiary alicyclic amines) is 1. The van der Waals surface area contributed by atoms with Gasteiger partial charge in [0, 0.05) is 10.6 Å². The third-order valence-corrected chi connectivity index (χ3v) is 6.56. The Balaban J connectivity index is 1.56. The normalized spacial score (nSPS) is 16.6. The predicted octanol–water partition coefficient (Wildman–Crippen LogP) is 6.14. The standard InChI is InChI=1S/C30H24ClNO6/c1-36-25-16-21(11-14-24(25)38-18-19-6-3-2-4-7-19)27-26(28(33)20-9-12-22(31)13-10-20)29(34)30(35)32(27)17-23-8-5-15-37-23/h2-16,27,33H,17-18H2,1H3. The lowest BCUT2D eigenvalue weighted by Gasteiger charge is -2.25. The van der Waals surface area contributed by atoms with Crippen molar-refractivity contribution in [3.63, 3.8) is 0 Å². The molecule has 0 bridgehead atoms. The number of Topliss-reactive ketones (excluding diaryl/α,β-unsaturated/α-hetero) is 1. The predicted molar refractivity (Wildman–Crippen MR) is 142 cm³/mol. The molecule has 1 aliphatic heterocycles. The van der Waals surface area contributed by atoms with Crippen LogP contribution in [0.3, 0.4) is 0 Å². The molecule has 7 nitrogen and oxygen atoms in total. The van der Waals surface area contributed by atoms with E-state index in [1.165, 1.54) is 18.3 Å². The van der Waals surface area contributed by atoms with Gasteiger partial charge >= 0.3 is 0 Å². The summed E-state index contributed by atoms with van der Waals surface area (Å²) in [5.74, 6) is -0.412. The maximum Gasteiger partial charge on any atom is 0.296 e. The zero-order chi connectivity index (χ0) is 26.6. The van der Waals surface area contributed by atoms with Crippen LogP contribution in [0.2, 0.25) is 5.02 Å². The molecule has 38 heavy (non-hydrogen) atoms. The highest BCUT2D eigenvalue weighted by molar-refractivity contribution is 6.46. The zero-order valence-corrected chi connectivity index (χ0v) is 21.2. The molecule has 1 aliphatic rings. The second kappa shape index (κ2) is 10.9. The lowest BCUT2D eigenvalue weighted by molar-refractivity contribution is -0.140. The largest absolute Gasteiger partial charge is 0.507 e. The Labute approximate surface area is 224 Å². The van der Waals surface area contributed by atoms with Crippen LogP contribution in [0.1, 0.15) is 28.5 Å². The van der Waals surface area contributed by atoms with Crippen LogP contribution in [-0.4, -0.2) is 28.8 Å². The molecule has 0 spiro atoms. The summed E-state index contributed by atoms with van der Waals surface area (Å²) >= 11 is 6.00. The van der Waals surface area contributed by atoms with E-state index in [2.05, 4.69) is 0 Å². The molecule has 1 aromatic heterocycles. The van der Waals surface area contributed by atoms with Gasteiger partial charge in [0.05, 0.1) is 31.5 Å². The molecule has 5 rings (SSSR count). The van der Waals surface area contributed by atoms with Crippen molar-refractivity contribution in [2.75, 3.05) is 7.11 Å². The van der Waals surface area contributed by atoms with E-state index in [0.717, 1.165) is 5.56 Å². The Morgan fingerprint density at radius 1 is 0.974 bits per heavy atom. The second-order valence-corrected chi connectivity index (χ2v) is 9.13. The fraction of sp³-hybridized carbons (Fsp3) is 0.133. The van der Waals surface area contributed by atoms with E-state index in [1.807, 2.05) is 30.3 Å². The Bertz CT molecular complexity index is 1480. The molecular formula is C30H24ClNO6. The van der Waals surface area contributed by atoms with Gasteiger partial charge in [0.15, 0.2) is 11.5 Å². The van der Waals surface area contributed by atoms with Gasteiger partial charge in [0.2, 0.25) is 0 Å². The van der Waals surface area contributed by atoms with E-state index >= 15 is 0 Å². The molecule has 3 aromatic carbocycles. The van der Waals surface area contributed by atoms with Crippen molar-refractivity contribution < 1.29 is 28.6 Å². The number of ketones is 1. The first-order chi connectivity index (χ1) is 18.5. The number of carbonyl (C=O) groups excluding carboxylic acids is 2. The highest BCUT2D eigenvalue weighted by Gasteiger charge is 2.46. The van der Waals surface area contributed by atoms with Crippen molar-refractivity contribution in [3.8, 4) is 11.5 Å². The van der Waals surface area contributed by atoms with Gasteiger partial charge in [-0.2, -0.15) is 0 Å². The van der Waals surface area contributed by atoms with Gasteiger partial charge in [-0.25, -0.2) is 0 Å². The van der Waals surface area contributed by atoms with E-state index in [4.69, 9.17) is 25.5 Å². The van der Waals surface area contributed by atoms with E-state index in [0.29, 0.717) is 40.0 Å². The van der Waals surface area contributed by atoms with Crippen LogP contribution in [0, 0.1) is 0 Å². The zero-order valence-electron chi connectivity index (χ0n) is 20.5. The fourth-order valence-electron chi connectivity index (χ4n) is 4.43. The molecule has 4 aromatic rings. The molecule has 0 radical (unpaired) electrons. The minimum atomic E-state index is -0.896. The number of aliphatic hydroxyl groups is 1. The third-order valence-electron chi connectivity index (χ3n) is 6.30. The number of hydrogen-bond donors (Lipinski definition) is 1. The number of nitrogens with zero attached hydrogens (tertiary/aromatic N) is 1. The Kier molecular flexibility index (Phi) is 7.20. The van der Waals surface area contributed by atoms with Crippen LogP contribution < -0.4 is 9.47 Å². The van der Waals surface area contributed by atoms with Gasteiger partial charge in [-0.15, -0.1) is 0 Å². The fourth-order valence-corrected chi connectivity index (χ4v) is 4.56. The maximum atomic E-state index is 13.3. The molecule has 8 heteroatoms. The Morgan fingerprint density at radius 3 is 2.42 bits per heavy atom. The summed E-state index contributed by atoms with van der Waals surface area (Å²) in [6.45, 7) is 0.373. The molecule has 1 fully saturated rings. The number of aliphatic hydroxyl groups excluding tert-OH is 1. The number of halogens is 1. The summed E-state index contributed by atoms with van der Waals surface area (Å²) in [4.78, 5) is 27.9. The average Bonchev–Trinajstić information content (AvgIpc) is 3.55. The first kappa shape index (κ1) is 25.2. The Hall–Kier alpha value is -4.49. The van der Waals surface area contributed by atoms with Crippen molar-refractivity contribution in [1.29, 1.82) is 0 Å². The van der Waals surface area contributed by atoms with E-state index in [9.17, 15) is 14.7 Å². The van der Waals surface area contributed by atoms with Crippen LogP contribution in [0.5, 0.6) is 11.5 Å². The molecule has 1 atom stereocenters. The van der Waals surface area contributed by atoms with E-state index < -0.39 is 17.7 Å². The summed E-state index contributed by atoms with van der Waals surface area (Å²) in [5.41, 5.74) is 1.89.